The highest BCUT2D eigenvalue weighted by molar-refractivity contribution is 6.37. The lowest BCUT2D eigenvalue weighted by Gasteiger charge is -2.35. The molecule has 4 heterocycles. The zero-order valence-corrected chi connectivity index (χ0v) is 19.2. The molecular weight excluding hydrogens is 455 g/mol. The molecule has 0 saturated carbocycles. The number of nitrogens with zero attached hydrogens (tertiary/aromatic N) is 1. The molecule has 9 heteroatoms. The normalized spacial score (nSPS) is 17.5. The number of H-pyrrole nitrogens is 1. The van der Waals surface area contributed by atoms with Crippen molar-refractivity contribution in [2.75, 3.05) is 26.9 Å². The molecule has 1 atom stereocenters. The van der Waals surface area contributed by atoms with Gasteiger partial charge in [0, 0.05) is 41.1 Å². The maximum atomic E-state index is 13.5. The molecule has 32 heavy (non-hydrogen) atoms. The van der Waals surface area contributed by atoms with Crippen molar-refractivity contribution < 1.29 is 18.7 Å². The SMILES string of the molecule is COC(c1cc(Cl)c2c(c1Cl)C(=O)N(Cc1c(=O)[nH]c(C)c3occc13)CC2)C1COC1. The molecule has 1 saturated heterocycles. The van der Waals surface area contributed by atoms with E-state index in [-0.39, 0.29) is 30.0 Å². The zero-order chi connectivity index (χ0) is 22.6. The van der Waals surface area contributed by atoms with E-state index >= 15 is 0 Å². The molecule has 0 spiro atoms. The molecule has 1 fully saturated rings. The third-order valence-corrected chi connectivity index (χ3v) is 7.13. The van der Waals surface area contributed by atoms with E-state index < -0.39 is 0 Å². The molecule has 1 N–H and O–H groups in total. The van der Waals surface area contributed by atoms with Crippen LogP contribution in [0.15, 0.2) is 27.6 Å². The summed E-state index contributed by atoms with van der Waals surface area (Å²) in [5.41, 5.74) is 3.31. The minimum absolute atomic E-state index is 0.145. The first-order valence-corrected chi connectivity index (χ1v) is 11.2. The molecule has 1 unspecified atom stereocenters. The van der Waals surface area contributed by atoms with Gasteiger partial charge in [-0.25, -0.2) is 0 Å². The van der Waals surface area contributed by atoms with Crippen LogP contribution in [-0.2, 0) is 22.4 Å². The molecule has 7 nitrogen and oxygen atoms in total. The van der Waals surface area contributed by atoms with Crippen LogP contribution in [0.3, 0.4) is 0 Å². The summed E-state index contributed by atoms with van der Waals surface area (Å²) in [6.45, 7) is 3.49. The molecule has 2 aliphatic heterocycles. The quantitative estimate of drug-likeness (QED) is 0.594. The summed E-state index contributed by atoms with van der Waals surface area (Å²) in [5, 5.41) is 1.55. The van der Waals surface area contributed by atoms with Gasteiger partial charge in [-0.3, -0.25) is 9.59 Å². The number of benzene rings is 1. The van der Waals surface area contributed by atoms with Gasteiger partial charge >= 0.3 is 0 Å². The molecule has 5 rings (SSSR count). The molecule has 2 aromatic heterocycles. The van der Waals surface area contributed by atoms with Crippen LogP contribution >= 0.6 is 23.2 Å². The second-order valence-corrected chi connectivity index (χ2v) is 9.05. The number of halogens is 2. The van der Waals surface area contributed by atoms with Crippen LogP contribution < -0.4 is 5.56 Å². The highest BCUT2D eigenvalue weighted by Crippen LogP contribution is 2.42. The topological polar surface area (TPSA) is 84.8 Å². The highest BCUT2D eigenvalue weighted by atomic mass is 35.5. The number of fused-ring (bicyclic) bond motifs is 2. The Morgan fingerprint density at radius 1 is 1.31 bits per heavy atom. The van der Waals surface area contributed by atoms with Crippen LogP contribution in [0.25, 0.3) is 11.0 Å². The highest BCUT2D eigenvalue weighted by Gasteiger charge is 2.36. The summed E-state index contributed by atoms with van der Waals surface area (Å²) in [6, 6.07) is 3.55. The summed E-state index contributed by atoms with van der Waals surface area (Å²) >= 11 is 13.4. The molecule has 1 amide bonds. The number of nitrogens with one attached hydrogen (secondary N) is 1. The van der Waals surface area contributed by atoms with Gasteiger partial charge in [0.25, 0.3) is 11.5 Å². The van der Waals surface area contributed by atoms with Gasteiger partial charge in [0.2, 0.25) is 0 Å². The first kappa shape index (κ1) is 21.5. The van der Waals surface area contributed by atoms with E-state index in [1.165, 1.54) is 0 Å². The van der Waals surface area contributed by atoms with Crippen LogP contribution in [0, 0.1) is 12.8 Å². The Morgan fingerprint density at radius 3 is 2.78 bits per heavy atom. The summed E-state index contributed by atoms with van der Waals surface area (Å²) in [7, 11) is 1.61. The van der Waals surface area contributed by atoms with Crippen molar-refractivity contribution in [1.29, 1.82) is 0 Å². The molecular formula is C23H22Cl2N2O5. The smallest absolute Gasteiger partial charge is 0.256 e. The Kier molecular flexibility index (Phi) is 5.53. The fourth-order valence-electron chi connectivity index (χ4n) is 4.63. The van der Waals surface area contributed by atoms with Gasteiger partial charge in [-0.1, -0.05) is 23.2 Å². The summed E-state index contributed by atoms with van der Waals surface area (Å²) in [6.07, 6.45) is 1.77. The van der Waals surface area contributed by atoms with E-state index in [2.05, 4.69) is 4.98 Å². The average molecular weight is 477 g/mol. The predicted molar refractivity (Wildman–Crippen MR) is 121 cm³/mol. The Balaban J connectivity index is 1.54. The van der Waals surface area contributed by atoms with Crippen LogP contribution in [0.4, 0.5) is 0 Å². The summed E-state index contributed by atoms with van der Waals surface area (Å²) in [4.78, 5) is 30.7. The van der Waals surface area contributed by atoms with E-state index in [0.29, 0.717) is 69.6 Å². The number of hydrogen-bond acceptors (Lipinski definition) is 5. The number of aromatic amines is 1. The standard InChI is InChI=1S/C23H22Cl2N2O5/c1-11-20-13(4-6-32-20)16(22(28)26-11)8-27-5-3-14-17(24)7-15(19(25)18(14)23(27)29)21(30-2)12-9-31-10-12/h4,6-7,12,21H,3,5,8-10H2,1-2H3,(H,26,28). The van der Waals surface area contributed by atoms with Gasteiger partial charge in [-0.05, 0) is 31.0 Å². The van der Waals surface area contributed by atoms with Gasteiger partial charge in [-0.2, -0.15) is 0 Å². The van der Waals surface area contributed by atoms with Crippen LogP contribution in [0.5, 0.6) is 0 Å². The number of ether oxygens (including phenoxy) is 2. The van der Waals surface area contributed by atoms with E-state index in [1.807, 2.05) is 0 Å². The van der Waals surface area contributed by atoms with Crippen molar-refractivity contribution in [2.45, 2.75) is 26.0 Å². The zero-order valence-electron chi connectivity index (χ0n) is 17.7. The third-order valence-electron chi connectivity index (χ3n) is 6.39. The summed E-state index contributed by atoms with van der Waals surface area (Å²) in [5.74, 6) is -0.0989. The van der Waals surface area contributed by atoms with E-state index in [1.54, 1.807) is 37.3 Å². The van der Waals surface area contributed by atoms with Gasteiger partial charge in [0.15, 0.2) is 5.58 Å². The maximum Gasteiger partial charge on any atom is 0.256 e. The summed E-state index contributed by atoms with van der Waals surface area (Å²) < 4.78 is 16.5. The van der Waals surface area contributed by atoms with Crippen molar-refractivity contribution in [2.24, 2.45) is 5.92 Å². The van der Waals surface area contributed by atoms with Crippen molar-refractivity contribution in [3.05, 3.63) is 66.7 Å². The Hall–Kier alpha value is -2.32. The largest absolute Gasteiger partial charge is 0.463 e. The maximum absolute atomic E-state index is 13.5. The van der Waals surface area contributed by atoms with Crippen LogP contribution in [0.2, 0.25) is 10.0 Å². The first-order valence-electron chi connectivity index (χ1n) is 10.4. The molecule has 3 aromatic rings. The first-order chi connectivity index (χ1) is 15.4. The number of furan rings is 1. The van der Waals surface area contributed by atoms with Crippen LogP contribution in [-0.4, -0.2) is 42.7 Å². The van der Waals surface area contributed by atoms with Crippen molar-refractivity contribution in [1.82, 2.24) is 9.88 Å². The fraction of sp³-hybridized carbons (Fsp3) is 0.391. The Bertz CT molecular complexity index is 1280. The van der Waals surface area contributed by atoms with E-state index in [4.69, 9.17) is 37.1 Å². The number of carbonyl (C=O) groups is 1. The second kappa shape index (κ2) is 8.23. The number of methoxy groups -OCH3 is 1. The number of aryl methyl sites for hydroxylation is 1. The molecule has 168 valence electrons. The average Bonchev–Trinajstić information content (AvgIpc) is 3.22. The number of hydrogen-bond donors (Lipinski definition) is 1. The van der Waals surface area contributed by atoms with Gasteiger partial charge < -0.3 is 23.8 Å². The minimum Gasteiger partial charge on any atom is -0.463 e. The van der Waals surface area contributed by atoms with Crippen molar-refractivity contribution in [3.63, 3.8) is 0 Å². The number of aromatic nitrogens is 1. The van der Waals surface area contributed by atoms with E-state index in [0.717, 1.165) is 5.56 Å². The number of pyridine rings is 1. The molecule has 0 bridgehead atoms. The minimum atomic E-state index is -0.312. The van der Waals surface area contributed by atoms with Crippen LogP contribution in [0.1, 0.15) is 38.8 Å². The second-order valence-electron chi connectivity index (χ2n) is 8.27. The van der Waals surface area contributed by atoms with Crippen molar-refractivity contribution in [3.8, 4) is 0 Å². The Labute approximate surface area is 194 Å². The monoisotopic (exact) mass is 476 g/mol. The lowest BCUT2D eigenvalue weighted by Crippen LogP contribution is -2.39. The Morgan fingerprint density at radius 2 is 2.09 bits per heavy atom. The number of carbonyl (C=O) groups excluding carboxylic acids is 1. The molecule has 0 radical (unpaired) electrons. The van der Waals surface area contributed by atoms with Gasteiger partial charge in [0.1, 0.15) is 0 Å². The van der Waals surface area contributed by atoms with Crippen molar-refractivity contribution >= 4 is 40.1 Å². The van der Waals surface area contributed by atoms with E-state index in [9.17, 15) is 9.59 Å². The molecule has 2 aliphatic rings. The lowest BCUT2D eigenvalue weighted by molar-refractivity contribution is -0.105. The fourth-order valence-corrected chi connectivity index (χ4v) is 5.29. The molecule has 0 aliphatic carbocycles. The number of rotatable bonds is 5. The lowest BCUT2D eigenvalue weighted by atomic mass is 9.89. The third kappa shape index (κ3) is 3.35. The molecule has 1 aromatic carbocycles. The van der Waals surface area contributed by atoms with Gasteiger partial charge in [0.05, 0.1) is 48.4 Å². The predicted octanol–water partition coefficient (Wildman–Crippen LogP) is 4.27. The van der Waals surface area contributed by atoms with Gasteiger partial charge in [-0.15, -0.1) is 0 Å². The number of amides is 1.